The van der Waals surface area contributed by atoms with Gasteiger partial charge in [-0.25, -0.2) is 9.97 Å². The molecule has 1 N–H and O–H groups in total. The number of hydrogen-bond acceptors (Lipinski definition) is 5. The molecule has 6 heteroatoms. The molecule has 0 unspecified atom stereocenters. The highest BCUT2D eigenvalue weighted by molar-refractivity contribution is 6.00. The predicted molar refractivity (Wildman–Crippen MR) is 124 cm³/mol. The van der Waals surface area contributed by atoms with Crippen LogP contribution in [0.15, 0.2) is 85.3 Å². The molecule has 0 saturated heterocycles. The number of nitrogens with one attached hydrogen (secondary N) is 1. The summed E-state index contributed by atoms with van der Waals surface area (Å²) in [6.07, 6.45) is 5.72. The molecule has 0 saturated carbocycles. The number of aromatic nitrogens is 3. The molecule has 0 fully saturated rings. The summed E-state index contributed by atoms with van der Waals surface area (Å²) in [6.45, 7) is 2.04. The van der Waals surface area contributed by atoms with E-state index in [-0.39, 0.29) is 11.9 Å². The quantitative estimate of drug-likeness (QED) is 0.447. The van der Waals surface area contributed by atoms with Crippen LogP contribution >= 0.6 is 0 Å². The number of carbonyl (C=O) groups is 1. The second kappa shape index (κ2) is 9.83. The van der Waals surface area contributed by atoms with Crippen molar-refractivity contribution in [2.75, 3.05) is 7.11 Å². The molecule has 0 bridgehead atoms. The Hall–Kier alpha value is -4.06. The first kappa shape index (κ1) is 21.2. The van der Waals surface area contributed by atoms with E-state index in [9.17, 15) is 4.79 Å². The minimum Gasteiger partial charge on any atom is -0.497 e. The van der Waals surface area contributed by atoms with Crippen LogP contribution in [0.2, 0.25) is 0 Å². The highest BCUT2D eigenvalue weighted by Crippen LogP contribution is 2.26. The number of ether oxygens (including phenoxy) is 1. The van der Waals surface area contributed by atoms with E-state index in [2.05, 4.69) is 15.3 Å². The van der Waals surface area contributed by atoms with Crippen LogP contribution in [0, 0.1) is 0 Å². The second-order valence-corrected chi connectivity index (χ2v) is 7.27. The van der Waals surface area contributed by atoms with E-state index in [4.69, 9.17) is 9.72 Å². The molecule has 4 aromatic rings. The molecule has 0 aliphatic carbocycles. The van der Waals surface area contributed by atoms with Gasteiger partial charge in [0.05, 0.1) is 24.4 Å². The van der Waals surface area contributed by atoms with Crippen molar-refractivity contribution in [3.63, 3.8) is 0 Å². The van der Waals surface area contributed by atoms with Gasteiger partial charge in [0.1, 0.15) is 5.75 Å². The molecule has 2 aromatic heterocycles. The van der Waals surface area contributed by atoms with Crippen molar-refractivity contribution in [2.45, 2.75) is 19.4 Å². The average molecular weight is 425 g/mol. The molecular formula is C26H24N4O2. The van der Waals surface area contributed by atoms with Crippen molar-refractivity contribution >= 4 is 5.91 Å². The first-order valence-corrected chi connectivity index (χ1v) is 10.5. The fourth-order valence-electron chi connectivity index (χ4n) is 3.50. The SMILES string of the molecule is CC[C@@H](NC(=O)c1cnc(-c2ccccc2)nc1-c1ccncc1)c1ccc(OC)cc1. The number of pyridine rings is 1. The van der Waals surface area contributed by atoms with Gasteiger partial charge in [-0.05, 0) is 36.2 Å². The van der Waals surface area contributed by atoms with Crippen molar-refractivity contribution in [1.82, 2.24) is 20.3 Å². The van der Waals surface area contributed by atoms with Gasteiger partial charge in [0.15, 0.2) is 5.82 Å². The molecule has 0 aliphatic heterocycles. The monoisotopic (exact) mass is 424 g/mol. The Morgan fingerprint density at radius 2 is 1.69 bits per heavy atom. The number of hydrogen-bond donors (Lipinski definition) is 1. The summed E-state index contributed by atoms with van der Waals surface area (Å²) < 4.78 is 5.24. The van der Waals surface area contributed by atoms with Gasteiger partial charge in [-0.1, -0.05) is 49.4 Å². The lowest BCUT2D eigenvalue weighted by Gasteiger charge is -2.19. The Balaban J connectivity index is 1.68. The van der Waals surface area contributed by atoms with E-state index in [0.717, 1.165) is 28.9 Å². The maximum absolute atomic E-state index is 13.3. The number of methoxy groups -OCH3 is 1. The van der Waals surface area contributed by atoms with E-state index < -0.39 is 0 Å². The Labute approximate surface area is 187 Å². The largest absolute Gasteiger partial charge is 0.497 e. The molecule has 1 amide bonds. The molecule has 0 spiro atoms. The fraction of sp³-hybridized carbons (Fsp3) is 0.154. The van der Waals surface area contributed by atoms with Crippen molar-refractivity contribution in [3.8, 4) is 28.4 Å². The third kappa shape index (κ3) is 4.64. The number of nitrogens with zero attached hydrogens (tertiary/aromatic N) is 3. The normalized spacial score (nSPS) is 11.6. The summed E-state index contributed by atoms with van der Waals surface area (Å²) in [6, 6.07) is 21.0. The first-order chi connectivity index (χ1) is 15.7. The molecule has 2 heterocycles. The van der Waals surface area contributed by atoms with Gasteiger partial charge < -0.3 is 10.1 Å². The summed E-state index contributed by atoms with van der Waals surface area (Å²) in [5, 5.41) is 3.13. The van der Waals surface area contributed by atoms with Crippen molar-refractivity contribution in [2.24, 2.45) is 0 Å². The van der Waals surface area contributed by atoms with E-state index >= 15 is 0 Å². The van der Waals surface area contributed by atoms with E-state index in [1.54, 1.807) is 25.7 Å². The fourth-order valence-corrected chi connectivity index (χ4v) is 3.50. The first-order valence-electron chi connectivity index (χ1n) is 10.5. The van der Waals surface area contributed by atoms with Gasteiger partial charge >= 0.3 is 0 Å². The van der Waals surface area contributed by atoms with Crippen LogP contribution in [0.5, 0.6) is 5.75 Å². The number of carbonyl (C=O) groups excluding carboxylic acids is 1. The smallest absolute Gasteiger partial charge is 0.255 e. The van der Waals surface area contributed by atoms with Crippen LogP contribution in [0.4, 0.5) is 0 Å². The molecule has 160 valence electrons. The number of amides is 1. The number of benzene rings is 2. The second-order valence-electron chi connectivity index (χ2n) is 7.27. The lowest BCUT2D eigenvalue weighted by Crippen LogP contribution is -2.29. The minimum absolute atomic E-state index is 0.146. The Kier molecular flexibility index (Phi) is 6.51. The van der Waals surface area contributed by atoms with E-state index in [1.807, 2.05) is 73.7 Å². The van der Waals surface area contributed by atoms with Crippen LogP contribution < -0.4 is 10.1 Å². The molecule has 4 rings (SSSR count). The van der Waals surface area contributed by atoms with Gasteiger partial charge in [0.2, 0.25) is 0 Å². The van der Waals surface area contributed by atoms with Crippen LogP contribution in [0.25, 0.3) is 22.6 Å². The topological polar surface area (TPSA) is 77.0 Å². The van der Waals surface area contributed by atoms with Crippen LogP contribution in [0.1, 0.15) is 35.3 Å². The zero-order valence-electron chi connectivity index (χ0n) is 18.0. The van der Waals surface area contributed by atoms with E-state index in [0.29, 0.717) is 17.1 Å². The Morgan fingerprint density at radius 3 is 2.34 bits per heavy atom. The molecule has 1 atom stereocenters. The minimum atomic E-state index is -0.223. The Bertz CT molecular complexity index is 1180. The average Bonchev–Trinajstić information content (AvgIpc) is 2.88. The summed E-state index contributed by atoms with van der Waals surface area (Å²) in [5.41, 5.74) is 3.70. The number of rotatable bonds is 7. The predicted octanol–water partition coefficient (Wildman–Crippen LogP) is 5.10. The zero-order chi connectivity index (χ0) is 22.3. The molecule has 32 heavy (non-hydrogen) atoms. The van der Waals surface area contributed by atoms with Gasteiger partial charge in [0, 0.05) is 29.7 Å². The lowest BCUT2D eigenvalue weighted by atomic mass is 10.0. The molecule has 2 aromatic carbocycles. The van der Waals surface area contributed by atoms with Crippen LogP contribution in [-0.2, 0) is 0 Å². The maximum atomic E-state index is 13.3. The van der Waals surface area contributed by atoms with Crippen LogP contribution in [-0.4, -0.2) is 28.0 Å². The standard InChI is InChI=1S/C26H24N4O2/c1-3-23(18-9-11-21(32-2)12-10-18)29-26(31)22-17-28-25(20-7-5-4-6-8-20)30-24(22)19-13-15-27-16-14-19/h4-17,23H,3H2,1-2H3,(H,29,31)/t23-/m1/s1. The molecule has 0 aliphatic rings. The Morgan fingerprint density at radius 1 is 0.969 bits per heavy atom. The van der Waals surface area contributed by atoms with Gasteiger partial charge in [0.25, 0.3) is 5.91 Å². The van der Waals surface area contributed by atoms with Crippen molar-refractivity contribution < 1.29 is 9.53 Å². The molecular weight excluding hydrogens is 400 g/mol. The third-order valence-electron chi connectivity index (χ3n) is 5.25. The van der Waals surface area contributed by atoms with Gasteiger partial charge in [-0.2, -0.15) is 0 Å². The third-order valence-corrected chi connectivity index (χ3v) is 5.25. The van der Waals surface area contributed by atoms with Gasteiger partial charge in [-0.3, -0.25) is 9.78 Å². The highest BCUT2D eigenvalue weighted by atomic mass is 16.5. The van der Waals surface area contributed by atoms with Crippen LogP contribution in [0.3, 0.4) is 0 Å². The summed E-state index contributed by atoms with van der Waals surface area (Å²) >= 11 is 0. The van der Waals surface area contributed by atoms with Gasteiger partial charge in [-0.15, -0.1) is 0 Å². The summed E-state index contributed by atoms with van der Waals surface area (Å²) in [4.78, 5) is 26.6. The molecule has 0 radical (unpaired) electrons. The summed E-state index contributed by atoms with van der Waals surface area (Å²) in [5.74, 6) is 1.12. The van der Waals surface area contributed by atoms with Crippen molar-refractivity contribution in [3.05, 3.63) is 96.4 Å². The van der Waals surface area contributed by atoms with E-state index in [1.165, 1.54) is 0 Å². The molecule has 6 nitrogen and oxygen atoms in total. The lowest BCUT2D eigenvalue weighted by molar-refractivity contribution is 0.0935. The zero-order valence-corrected chi connectivity index (χ0v) is 18.0. The highest BCUT2D eigenvalue weighted by Gasteiger charge is 2.20. The van der Waals surface area contributed by atoms with Crippen molar-refractivity contribution in [1.29, 1.82) is 0 Å². The maximum Gasteiger partial charge on any atom is 0.255 e. The summed E-state index contributed by atoms with van der Waals surface area (Å²) in [7, 11) is 1.63.